The Hall–Kier alpha value is -1.77. The number of carbonyl (C=O) groups is 1. The fourth-order valence-corrected chi connectivity index (χ4v) is 2.49. The van der Waals surface area contributed by atoms with Gasteiger partial charge >= 0.3 is 0 Å². The summed E-state index contributed by atoms with van der Waals surface area (Å²) >= 11 is 0. The van der Waals surface area contributed by atoms with E-state index >= 15 is 0 Å². The van der Waals surface area contributed by atoms with Crippen molar-refractivity contribution >= 4 is 17.4 Å². The van der Waals surface area contributed by atoms with Gasteiger partial charge in [-0.25, -0.2) is 0 Å². The zero-order valence-corrected chi connectivity index (χ0v) is 11.9. The van der Waals surface area contributed by atoms with Gasteiger partial charge in [0.05, 0.1) is 0 Å². The number of rotatable bonds is 5. The maximum atomic E-state index is 10.7. The van der Waals surface area contributed by atoms with Crippen LogP contribution in [-0.4, -0.2) is 11.5 Å². The zero-order valence-electron chi connectivity index (χ0n) is 11.9. The Morgan fingerprint density at radius 2 is 1.95 bits per heavy atom. The summed E-state index contributed by atoms with van der Waals surface area (Å²) in [6.07, 6.45) is 1.88. The van der Waals surface area contributed by atoms with Gasteiger partial charge in [-0.3, -0.25) is 4.79 Å². The molecule has 0 spiro atoms. The number of aromatic amines is 1. The first-order valence-electron chi connectivity index (χ1n) is 6.74. The van der Waals surface area contributed by atoms with Crippen LogP contribution in [0.15, 0.2) is 24.4 Å². The SMILES string of the molecule is CC(C)c1c[nH]c2ccc(C(OC=O)C(C)C)cc12. The van der Waals surface area contributed by atoms with E-state index in [2.05, 4.69) is 51.0 Å². The average molecular weight is 259 g/mol. The van der Waals surface area contributed by atoms with Crippen LogP contribution in [0.1, 0.15) is 50.8 Å². The molecule has 0 bridgehead atoms. The Morgan fingerprint density at radius 1 is 1.21 bits per heavy atom. The topological polar surface area (TPSA) is 42.1 Å². The first kappa shape index (κ1) is 13.7. The molecule has 1 heterocycles. The molecule has 0 saturated heterocycles. The lowest BCUT2D eigenvalue weighted by Crippen LogP contribution is -2.10. The molecule has 19 heavy (non-hydrogen) atoms. The fourth-order valence-electron chi connectivity index (χ4n) is 2.49. The summed E-state index contributed by atoms with van der Waals surface area (Å²) in [5.74, 6) is 0.720. The average Bonchev–Trinajstić information content (AvgIpc) is 2.78. The number of hydrogen-bond donors (Lipinski definition) is 1. The third-order valence-electron chi connectivity index (χ3n) is 3.50. The van der Waals surface area contributed by atoms with Gasteiger partial charge in [-0.1, -0.05) is 33.8 Å². The number of fused-ring (bicyclic) bond motifs is 1. The van der Waals surface area contributed by atoms with Crippen molar-refractivity contribution in [2.45, 2.75) is 39.7 Å². The van der Waals surface area contributed by atoms with Gasteiger partial charge in [0, 0.05) is 17.1 Å². The maximum Gasteiger partial charge on any atom is 0.293 e. The van der Waals surface area contributed by atoms with Crippen LogP contribution >= 0.6 is 0 Å². The van der Waals surface area contributed by atoms with Crippen molar-refractivity contribution in [1.82, 2.24) is 4.98 Å². The highest BCUT2D eigenvalue weighted by atomic mass is 16.5. The summed E-state index contributed by atoms with van der Waals surface area (Å²) in [7, 11) is 0. The van der Waals surface area contributed by atoms with Crippen LogP contribution in [0, 0.1) is 5.92 Å². The number of nitrogens with one attached hydrogen (secondary N) is 1. The highest BCUT2D eigenvalue weighted by Crippen LogP contribution is 2.31. The predicted octanol–water partition coefficient (Wildman–Crippen LogP) is 4.16. The first-order chi connectivity index (χ1) is 9.04. The molecule has 1 N–H and O–H groups in total. The number of ether oxygens (including phenoxy) is 1. The zero-order chi connectivity index (χ0) is 14.0. The van der Waals surface area contributed by atoms with Crippen LogP contribution in [0.3, 0.4) is 0 Å². The third kappa shape index (κ3) is 2.65. The highest BCUT2D eigenvalue weighted by molar-refractivity contribution is 5.84. The van der Waals surface area contributed by atoms with Crippen LogP contribution in [0.5, 0.6) is 0 Å². The van der Waals surface area contributed by atoms with Crippen LogP contribution < -0.4 is 0 Å². The molecule has 1 atom stereocenters. The summed E-state index contributed by atoms with van der Waals surface area (Å²) in [5, 5.41) is 1.22. The Kier molecular flexibility index (Phi) is 3.93. The lowest BCUT2D eigenvalue weighted by atomic mass is 9.95. The highest BCUT2D eigenvalue weighted by Gasteiger charge is 2.18. The normalized spacial score (nSPS) is 13.2. The smallest absolute Gasteiger partial charge is 0.293 e. The number of H-pyrrole nitrogens is 1. The quantitative estimate of drug-likeness (QED) is 0.819. The lowest BCUT2D eigenvalue weighted by Gasteiger charge is -2.19. The monoisotopic (exact) mass is 259 g/mol. The summed E-state index contributed by atoms with van der Waals surface area (Å²) < 4.78 is 5.22. The van der Waals surface area contributed by atoms with Crippen molar-refractivity contribution in [3.8, 4) is 0 Å². The maximum absolute atomic E-state index is 10.7. The fraction of sp³-hybridized carbons (Fsp3) is 0.438. The largest absolute Gasteiger partial charge is 0.459 e. The molecule has 0 aliphatic carbocycles. The second-order valence-corrected chi connectivity index (χ2v) is 5.60. The Bertz CT molecular complexity index is 569. The van der Waals surface area contributed by atoms with Crippen molar-refractivity contribution in [1.29, 1.82) is 0 Å². The van der Waals surface area contributed by atoms with Gasteiger partial charge in [0.2, 0.25) is 0 Å². The van der Waals surface area contributed by atoms with Gasteiger partial charge < -0.3 is 9.72 Å². The standard InChI is InChI=1S/C16H21NO2/c1-10(2)14-8-17-15-6-5-12(7-13(14)15)16(11(3)4)19-9-18/h5-11,16-17H,1-4H3. The minimum absolute atomic E-state index is 0.184. The second kappa shape index (κ2) is 5.47. The Labute approximate surface area is 114 Å². The minimum Gasteiger partial charge on any atom is -0.459 e. The van der Waals surface area contributed by atoms with Crippen LogP contribution in [-0.2, 0) is 9.53 Å². The molecule has 1 unspecified atom stereocenters. The van der Waals surface area contributed by atoms with E-state index in [1.807, 2.05) is 6.07 Å². The van der Waals surface area contributed by atoms with Crippen molar-refractivity contribution in [2.24, 2.45) is 5.92 Å². The Balaban J connectivity index is 2.49. The van der Waals surface area contributed by atoms with E-state index in [1.54, 1.807) is 0 Å². The van der Waals surface area contributed by atoms with E-state index in [0.717, 1.165) is 11.1 Å². The number of carbonyl (C=O) groups excluding carboxylic acids is 1. The molecule has 1 aromatic heterocycles. The van der Waals surface area contributed by atoms with E-state index in [9.17, 15) is 4.79 Å². The molecule has 0 fully saturated rings. The number of aromatic nitrogens is 1. The minimum atomic E-state index is -0.184. The van der Waals surface area contributed by atoms with Crippen LogP contribution in [0.25, 0.3) is 10.9 Å². The van der Waals surface area contributed by atoms with E-state index < -0.39 is 0 Å². The molecule has 1 aromatic carbocycles. The van der Waals surface area contributed by atoms with E-state index in [1.165, 1.54) is 10.9 Å². The van der Waals surface area contributed by atoms with Gasteiger partial charge in [0.15, 0.2) is 0 Å². The van der Waals surface area contributed by atoms with Gasteiger partial charge in [-0.05, 0) is 35.1 Å². The summed E-state index contributed by atoms with van der Waals surface area (Å²) in [6.45, 7) is 9.00. The molecule has 0 saturated carbocycles. The molecule has 0 aliphatic rings. The summed E-state index contributed by atoms with van der Waals surface area (Å²) in [6, 6.07) is 6.21. The van der Waals surface area contributed by atoms with Crippen molar-refractivity contribution < 1.29 is 9.53 Å². The molecule has 0 amide bonds. The van der Waals surface area contributed by atoms with Crippen molar-refractivity contribution in [3.63, 3.8) is 0 Å². The molecule has 2 aromatic rings. The lowest BCUT2D eigenvalue weighted by molar-refractivity contribution is -0.136. The van der Waals surface area contributed by atoms with Crippen LogP contribution in [0.4, 0.5) is 0 Å². The molecule has 3 heteroatoms. The third-order valence-corrected chi connectivity index (χ3v) is 3.50. The molecule has 0 aliphatic heterocycles. The number of hydrogen-bond acceptors (Lipinski definition) is 2. The van der Waals surface area contributed by atoms with Gasteiger partial charge in [0.25, 0.3) is 6.47 Å². The van der Waals surface area contributed by atoms with Crippen LogP contribution in [0.2, 0.25) is 0 Å². The molecule has 0 radical (unpaired) electrons. The van der Waals surface area contributed by atoms with Gasteiger partial charge in [-0.2, -0.15) is 0 Å². The number of benzene rings is 1. The summed E-state index contributed by atoms with van der Waals surface area (Å²) in [4.78, 5) is 13.9. The van der Waals surface area contributed by atoms with E-state index in [0.29, 0.717) is 12.4 Å². The molecule has 3 nitrogen and oxygen atoms in total. The van der Waals surface area contributed by atoms with Crippen molar-refractivity contribution in [3.05, 3.63) is 35.5 Å². The van der Waals surface area contributed by atoms with Crippen molar-refractivity contribution in [2.75, 3.05) is 0 Å². The molecular formula is C16H21NO2. The van der Waals surface area contributed by atoms with E-state index in [4.69, 9.17) is 4.74 Å². The van der Waals surface area contributed by atoms with Gasteiger partial charge in [-0.15, -0.1) is 0 Å². The second-order valence-electron chi connectivity index (χ2n) is 5.60. The van der Waals surface area contributed by atoms with E-state index in [-0.39, 0.29) is 12.0 Å². The molecular weight excluding hydrogens is 238 g/mol. The Morgan fingerprint density at radius 3 is 2.53 bits per heavy atom. The molecule has 2 rings (SSSR count). The molecule has 102 valence electrons. The summed E-state index contributed by atoms with van der Waals surface area (Å²) in [5.41, 5.74) is 3.47. The van der Waals surface area contributed by atoms with Gasteiger partial charge in [0.1, 0.15) is 6.10 Å². The predicted molar refractivity (Wildman–Crippen MR) is 77.1 cm³/mol. The first-order valence-corrected chi connectivity index (χ1v) is 6.74.